The maximum atomic E-state index is 12.2. The van der Waals surface area contributed by atoms with Gasteiger partial charge in [0.05, 0.1) is 0 Å². The van der Waals surface area contributed by atoms with Crippen LogP contribution in [-0.4, -0.2) is 16.3 Å². The molecule has 0 radical (unpaired) electrons. The van der Waals surface area contributed by atoms with E-state index in [0.29, 0.717) is 16.8 Å². The van der Waals surface area contributed by atoms with Gasteiger partial charge in [0.2, 0.25) is 0 Å². The molecule has 1 heterocycles. The van der Waals surface area contributed by atoms with Crippen LogP contribution in [0, 0.1) is 6.92 Å². The van der Waals surface area contributed by atoms with Gasteiger partial charge in [0.15, 0.2) is 5.82 Å². The Labute approximate surface area is 101 Å². The summed E-state index contributed by atoms with van der Waals surface area (Å²) in [7, 11) is 0. The van der Waals surface area contributed by atoms with E-state index >= 15 is 0 Å². The number of nitrogen functional groups attached to an aromatic ring is 1. The first-order valence-corrected chi connectivity index (χ1v) is 5.11. The lowest BCUT2D eigenvalue weighted by Crippen LogP contribution is -2.12. The number of aromatic nitrogens is 2. The highest BCUT2D eigenvalue weighted by Crippen LogP contribution is 2.27. The van der Waals surface area contributed by atoms with Crippen molar-refractivity contribution in [3.05, 3.63) is 29.6 Å². The predicted octanol–water partition coefficient (Wildman–Crippen LogP) is 2.73. The quantitative estimate of drug-likeness (QED) is 0.840. The van der Waals surface area contributed by atoms with Gasteiger partial charge in [0.25, 0.3) is 5.89 Å². The first-order valence-electron chi connectivity index (χ1n) is 5.11. The summed E-state index contributed by atoms with van der Waals surface area (Å²) in [5.41, 5.74) is 7.45. The maximum Gasteiger partial charge on any atom is 0.396 e. The highest BCUT2D eigenvalue weighted by atomic mass is 19.4. The molecule has 0 saturated carbocycles. The number of rotatable bonds is 2. The fourth-order valence-corrected chi connectivity index (χ4v) is 1.50. The van der Waals surface area contributed by atoms with Gasteiger partial charge in [-0.15, -0.1) is 0 Å². The zero-order valence-electron chi connectivity index (χ0n) is 9.45. The Morgan fingerprint density at radius 2 is 2.06 bits per heavy atom. The van der Waals surface area contributed by atoms with Gasteiger partial charge in [-0.05, 0) is 24.6 Å². The van der Waals surface area contributed by atoms with E-state index in [-0.39, 0.29) is 11.7 Å². The minimum Gasteiger partial charge on any atom is -0.398 e. The van der Waals surface area contributed by atoms with Crippen molar-refractivity contribution in [2.45, 2.75) is 19.5 Å². The second-order valence-electron chi connectivity index (χ2n) is 3.83. The molecule has 7 heteroatoms. The molecule has 0 aliphatic carbocycles. The van der Waals surface area contributed by atoms with Crippen LogP contribution in [0.1, 0.15) is 11.4 Å². The van der Waals surface area contributed by atoms with Crippen LogP contribution < -0.4 is 5.73 Å². The Hall–Kier alpha value is -2.05. The van der Waals surface area contributed by atoms with E-state index in [9.17, 15) is 13.2 Å². The monoisotopic (exact) mass is 257 g/mol. The number of halogens is 3. The van der Waals surface area contributed by atoms with Gasteiger partial charge in [0, 0.05) is 11.3 Å². The Balaban J connectivity index is 2.33. The van der Waals surface area contributed by atoms with Crippen LogP contribution in [0.25, 0.3) is 11.5 Å². The van der Waals surface area contributed by atoms with E-state index in [1.165, 1.54) is 0 Å². The van der Waals surface area contributed by atoms with Crippen LogP contribution in [0.3, 0.4) is 0 Å². The van der Waals surface area contributed by atoms with Crippen molar-refractivity contribution in [2.24, 2.45) is 0 Å². The Bertz CT molecular complexity index is 563. The average molecular weight is 257 g/mol. The minimum absolute atomic E-state index is 0.0408. The number of nitrogens with two attached hydrogens (primary N) is 1. The Morgan fingerprint density at radius 1 is 1.33 bits per heavy atom. The molecule has 0 unspecified atom stereocenters. The van der Waals surface area contributed by atoms with Crippen LogP contribution in [0.4, 0.5) is 18.9 Å². The van der Waals surface area contributed by atoms with Gasteiger partial charge in [-0.3, -0.25) is 0 Å². The van der Waals surface area contributed by atoms with Crippen LogP contribution in [-0.2, 0) is 6.42 Å². The first kappa shape index (κ1) is 12.4. The zero-order valence-corrected chi connectivity index (χ0v) is 9.45. The fourth-order valence-electron chi connectivity index (χ4n) is 1.50. The second-order valence-corrected chi connectivity index (χ2v) is 3.83. The molecule has 0 amide bonds. The number of anilines is 1. The summed E-state index contributed by atoms with van der Waals surface area (Å²) >= 11 is 0. The molecule has 18 heavy (non-hydrogen) atoms. The predicted molar refractivity (Wildman–Crippen MR) is 58.6 cm³/mol. The standard InChI is InChI=1S/C11H10F3N3O/c1-6-7(3-2-4-8(6)15)10-16-9(17-18-10)5-11(12,13)14/h2-4H,5,15H2,1H3. The molecule has 1 aromatic carbocycles. The molecule has 2 N–H and O–H groups in total. The van der Waals surface area contributed by atoms with Gasteiger partial charge in [-0.25, -0.2) is 0 Å². The van der Waals surface area contributed by atoms with Crippen molar-refractivity contribution in [3.63, 3.8) is 0 Å². The SMILES string of the molecule is Cc1c(N)cccc1-c1nc(CC(F)(F)F)no1. The summed E-state index contributed by atoms with van der Waals surface area (Å²) in [6, 6.07) is 5.02. The summed E-state index contributed by atoms with van der Waals surface area (Å²) in [5, 5.41) is 3.30. The van der Waals surface area contributed by atoms with Crippen molar-refractivity contribution in [1.82, 2.24) is 10.1 Å². The van der Waals surface area contributed by atoms with E-state index < -0.39 is 12.6 Å². The summed E-state index contributed by atoms with van der Waals surface area (Å²) in [5.74, 6) is -0.349. The van der Waals surface area contributed by atoms with E-state index in [0.717, 1.165) is 0 Å². The number of hydrogen-bond acceptors (Lipinski definition) is 4. The summed E-state index contributed by atoms with van der Waals surface area (Å²) < 4.78 is 41.3. The zero-order chi connectivity index (χ0) is 13.3. The third-order valence-electron chi connectivity index (χ3n) is 2.43. The van der Waals surface area contributed by atoms with Crippen molar-refractivity contribution >= 4 is 5.69 Å². The van der Waals surface area contributed by atoms with Crippen molar-refractivity contribution in [1.29, 1.82) is 0 Å². The second kappa shape index (κ2) is 4.32. The number of hydrogen-bond donors (Lipinski definition) is 1. The lowest BCUT2D eigenvalue weighted by atomic mass is 10.1. The normalized spacial score (nSPS) is 11.8. The molecule has 1 aromatic heterocycles. The fraction of sp³-hybridized carbons (Fsp3) is 0.273. The molecule has 0 spiro atoms. The number of nitrogens with zero attached hydrogens (tertiary/aromatic N) is 2. The largest absolute Gasteiger partial charge is 0.398 e. The van der Waals surface area contributed by atoms with Crippen LogP contribution >= 0.6 is 0 Å². The molecule has 0 fully saturated rings. The highest BCUT2D eigenvalue weighted by molar-refractivity contribution is 5.66. The van der Waals surface area contributed by atoms with E-state index in [1.54, 1.807) is 25.1 Å². The first-order chi connectivity index (χ1) is 8.37. The summed E-state index contributed by atoms with van der Waals surface area (Å²) in [4.78, 5) is 3.71. The molecule has 0 bridgehead atoms. The van der Waals surface area contributed by atoms with E-state index in [1.807, 2.05) is 0 Å². The van der Waals surface area contributed by atoms with Gasteiger partial charge in [-0.2, -0.15) is 18.2 Å². The van der Waals surface area contributed by atoms with Crippen LogP contribution in [0.5, 0.6) is 0 Å². The highest BCUT2D eigenvalue weighted by Gasteiger charge is 2.30. The Morgan fingerprint density at radius 3 is 2.72 bits per heavy atom. The van der Waals surface area contributed by atoms with Crippen LogP contribution in [0.2, 0.25) is 0 Å². The number of alkyl halides is 3. The molecule has 0 aliphatic heterocycles. The van der Waals surface area contributed by atoms with Gasteiger partial charge in [-0.1, -0.05) is 11.2 Å². The van der Waals surface area contributed by atoms with Crippen molar-refractivity contribution < 1.29 is 17.7 Å². The lowest BCUT2D eigenvalue weighted by molar-refractivity contribution is -0.128. The number of benzene rings is 1. The van der Waals surface area contributed by atoms with Gasteiger partial charge < -0.3 is 10.3 Å². The van der Waals surface area contributed by atoms with Crippen molar-refractivity contribution in [2.75, 3.05) is 5.73 Å². The van der Waals surface area contributed by atoms with E-state index in [2.05, 4.69) is 10.1 Å². The molecule has 96 valence electrons. The third kappa shape index (κ3) is 2.61. The molecule has 2 aromatic rings. The molecule has 0 atom stereocenters. The summed E-state index contributed by atoms with van der Waals surface area (Å²) in [6.07, 6.45) is -5.57. The minimum atomic E-state index is -4.36. The topological polar surface area (TPSA) is 64.9 Å². The molecular formula is C11H10F3N3O. The van der Waals surface area contributed by atoms with E-state index in [4.69, 9.17) is 10.3 Å². The van der Waals surface area contributed by atoms with Crippen molar-refractivity contribution in [3.8, 4) is 11.5 Å². The molecule has 2 rings (SSSR count). The molecule has 4 nitrogen and oxygen atoms in total. The third-order valence-corrected chi connectivity index (χ3v) is 2.43. The average Bonchev–Trinajstić information content (AvgIpc) is 2.68. The van der Waals surface area contributed by atoms with Gasteiger partial charge >= 0.3 is 6.18 Å². The Kier molecular flexibility index (Phi) is 2.98. The summed E-state index contributed by atoms with van der Waals surface area (Å²) in [6.45, 7) is 1.73. The molecule has 0 saturated heterocycles. The maximum absolute atomic E-state index is 12.2. The molecular weight excluding hydrogens is 247 g/mol. The van der Waals surface area contributed by atoms with Gasteiger partial charge in [0.1, 0.15) is 6.42 Å². The smallest absolute Gasteiger partial charge is 0.396 e. The lowest BCUT2D eigenvalue weighted by Gasteiger charge is -2.03. The van der Waals surface area contributed by atoms with Crippen LogP contribution in [0.15, 0.2) is 22.7 Å². The molecule has 0 aliphatic rings.